The number of aromatic amines is 1. The van der Waals surface area contributed by atoms with E-state index >= 15 is 0 Å². The first-order valence-electron chi connectivity index (χ1n) is 8.50. The first-order chi connectivity index (χ1) is 13.0. The monoisotopic (exact) mass is 360 g/mol. The second-order valence-electron chi connectivity index (χ2n) is 6.43. The molecular formula is C21H17FN4O. The topological polar surface area (TPSA) is 70.7 Å². The van der Waals surface area contributed by atoms with Crippen LogP contribution in [0.2, 0.25) is 0 Å². The predicted octanol–water partition coefficient (Wildman–Crippen LogP) is 4.69. The fourth-order valence-corrected chi connectivity index (χ4v) is 2.93. The van der Waals surface area contributed by atoms with Gasteiger partial charge < -0.3 is 10.3 Å². The average Bonchev–Trinajstić information content (AvgIpc) is 3.06. The van der Waals surface area contributed by atoms with Gasteiger partial charge in [-0.1, -0.05) is 11.6 Å². The molecule has 2 N–H and O–H groups in total. The molecule has 0 aliphatic rings. The van der Waals surface area contributed by atoms with Gasteiger partial charge in [-0.3, -0.25) is 9.78 Å². The van der Waals surface area contributed by atoms with Gasteiger partial charge >= 0.3 is 0 Å². The Morgan fingerprint density at radius 3 is 2.67 bits per heavy atom. The summed E-state index contributed by atoms with van der Waals surface area (Å²) in [5, 5.41) is 3.75. The summed E-state index contributed by atoms with van der Waals surface area (Å²) in [6, 6.07) is 12.5. The maximum atomic E-state index is 14.5. The van der Waals surface area contributed by atoms with Crippen LogP contribution in [0.4, 0.5) is 15.9 Å². The number of carbonyl (C=O) groups excluding carboxylic acids is 1. The van der Waals surface area contributed by atoms with Crippen LogP contribution in [0.15, 0.2) is 54.9 Å². The molecule has 3 aromatic heterocycles. The lowest BCUT2D eigenvalue weighted by atomic mass is 10.0. The second kappa shape index (κ2) is 6.64. The minimum absolute atomic E-state index is 0.0648. The first-order valence-corrected chi connectivity index (χ1v) is 8.50. The first kappa shape index (κ1) is 16.9. The molecule has 3 heterocycles. The zero-order valence-electron chi connectivity index (χ0n) is 14.9. The van der Waals surface area contributed by atoms with Crippen LogP contribution in [-0.4, -0.2) is 20.7 Å². The highest BCUT2D eigenvalue weighted by molar-refractivity contribution is 6.16. The predicted molar refractivity (Wildman–Crippen MR) is 103 cm³/mol. The van der Waals surface area contributed by atoms with E-state index in [9.17, 15) is 9.18 Å². The number of pyridine rings is 2. The Kier molecular flexibility index (Phi) is 4.16. The Morgan fingerprint density at radius 1 is 1.07 bits per heavy atom. The van der Waals surface area contributed by atoms with Crippen molar-refractivity contribution in [1.82, 2.24) is 15.0 Å². The number of aryl methyl sites for hydroxylation is 2. The number of H-pyrrole nitrogens is 1. The van der Waals surface area contributed by atoms with Gasteiger partial charge in [0.05, 0.1) is 17.4 Å². The van der Waals surface area contributed by atoms with Crippen LogP contribution in [0.25, 0.3) is 10.9 Å². The summed E-state index contributed by atoms with van der Waals surface area (Å²) in [6.07, 6.45) is 3.25. The maximum absolute atomic E-state index is 14.5. The van der Waals surface area contributed by atoms with Crippen molar-refractivity contribution in [2.75, 3.05) is 5.32 Å². The third-order valence-corrected chi connectivity index (χ3v) is 4.36. The quantitative estimate of drug-likeness (QED) is 0.409. The molecule has 0 saturated carbocycles. The van der Waals surface area contributed by atoms with Crippen LogP contribution >= 0.6 is 0 Å². The smallest absolute Gasteiger partial charge is 0.226 e. The van der Waals surface area contributed by atoms with Crippen LogP contribution in [0.3, 0.4) is 0 Å². The molecule has 0 bridgehead atoms. The van der Waals surface area contributed by atoms with Crippen molar-refractivity contribution in [3.8, 4) is 0 Å². The molecule has 0 fully saturated rings. The van der Waals surface area contributed by atoms with Gasteiger partial charge in [0, 0.05) is 28.4 Å². The Balaban J connectivity index is 1.64. The number of halogens is 1. The average molecular weight is 360 g/mol. The number of nitrogens with one attached hydrogen (secondary N) is 2. The zero-order valence-corrected chi connectivity index (χ0v) is 14.9. The number of anilines is 2. The van der Waals surface area contributed by atoms with Crippen LogP contribution < -0.4 is 5.32 Å². The van der Waals surface area contributed by atoms with Gasteiger partial charge in [-0.25, -0.2) is 4.98 Å². The van der Waals surface area contributed by atoms with Crippen molar-refractivity contribution in [1.29, 1.82) is 0 Å². The molecule has 0 spiro atoms. The van der Waals surface area contributed by atoms with Crippen LogP contribution in [-0.2, 0) is 0 Å². The Bertz CT molecular complexity index is 1150. The standard InChI is InChI=1S/C21H17FN4O/c1-12-3-7-18-16(9-12)17(11-24-18)20(27)15-6-8-19(26-21(15)22)25-14-5-4-13(2)23-10-14/h3-11,24H,1-2H3,(H,25,26). The fraction of sp³-hybridized carbons (Fsp3) is 0.0952. The Morgan fingerprint density at radius 2 is 1.93 bits per heavy atom. The van der Waals surface area contributed by atoms with E-state index < -0.39 is 11.7 Å². The molecule has 0 radical (unpaired) electrons. The second-order valence-corrected chi connectivity index (χ2v) is 6.43. The van der Waals surface area contributed by atoms with Gasteiger partial charge in [0.25, 0.3) is 0 Å². The highest BCUT2D eigenvalue weighted by Crippen LogP contribution is 2.24. The van der Waals surface area contributed by atoms with E-state index in [4.69, 9.17) is 0 Å². The van der Waals surface area contributed by atoms with E-state index in [1.807, 2.05) is 44.2 Å². The van der Waals surface area contributed by atoms with Gasteiger partial charge in [-0.05, 0) is 50.2 Å². The van der Waals surface area contributed by atoms with E-state index in [0.717, 1.165) is 22.2 Å². The molecule has 4 aromatic rings. The third-order valence-electron chi connectivity index (χ3n) is 4.36. The number of hydrogen-bond acceptors (Lipinski definition) is 4. The van der Waals surface area contributed by atoms with Crippen molar-refractivity contribution in [3.05, 3.63) is 83.2 Å². The molecule has 27 heavy (non-hydrogen) atoms. The van der Waals surface area contributed by atoms with Crippen LogP contribution in [0, 0.1) is 19.8 Å². The number of hydrogen-bond donors (Lipinski definition) is 2. The number of fused-ring (bicyclic) bond motifs is 1. The van der Waals surface area contributed by atoms with E-state index in [0.29, 0.717) is 17.1 Å². The largest absolute Gasteiger partial charge is 0.360 e. The van der Waals surface area contributed by atoms with Crippen molar-refractivity contribution in [2.45, 2.75) is 13.8 Å². The molecule has 0 unspecified atom stereocenters. The summed E-state index contributed by atoms with van der Waals surface area (Å²) in [5.74, 6) is -0.906. The van der Waals surface area contributed by atoms with Crippen LogP contribution in [0.5, 0.6) is 0 Å². The van der Waals surface area contributed by atoms with Gasteiger partial charge in [-0.15, -0.1) is 0 Å². The highest BCUT2D eigenvalue weighted by Gasteiger charge is 2.19. The number of nitrogens with zero attached hydrogens (tertiary/aromatic N) is 2. The summed E-state index contributed by atoms with van der Waals surface area (Å²) >= 11 is 0. The minimum Gasteiger partial charge on any atom is -0.360 e. The van der Waals surface area contributed by atoms with E-state index in [2.05, 4.69) is 20.3 Å². The molecule has 6 heteroatoms. The molecule has 1 aromatic carbocycles. The van der Waals surface area contributed by atoms with Gasteiger partial charge in [0.15, 0.2) is 5.78 Å². The molecule has 134 valence electrons. The lowest BCUT2D eigenvalue weighted by Crippen LogP contribution is -2.07. The molecule has 0 aliphatic carbocycles. The molecule has 0 aliphatic heterocycles. The van der Waals surface area contributed by atoms with E-state index in [1.165, 1.54) is 6.07 Å². The van der Waals surface area contributed by atoms with E-state index in [1.54, 1.807) is 18.5 Å². The minimum atomic E-state index is -0.813. The van der Waals surface area contributed by atoms with Gasteiger partial charge in [0.1, 0.15) is 5.82 Å². The summed E-state index contributed by atoms with van der Waals surface area (Å²) in [6.45, 7) is 3.83. The van der Waals surface area contributed by atoms with Crippen molar-refractivity contribution >= 4 is 28.2 Å². The Hall–Kier alpha value is -3.54. The van der Waals surface area contributed by atoms with E-state index in [-0.39, 0.29) is 5.56 Å². The molecule has 0 atom stereocenters. The summed E-state index contributed by atoms with van der Waals surface area (Å²) in [5.41, 5.74) is 3.81. The number of aromatic nitrogens is 3. The van der Waals surface area contributed by atoms with Gasteiger partial charge in [-0.2, -0.15) is 4.39 Å². The van der Waals surface area contributed by atoms with Crippen molar-refractivity contribution in [2.24, 2.45) is 0 Å². The number of rotatable bonds is 4. The van der Waals surface area contributed by atoms with Crippen molar-refractivity contribution < 1.29 is 9.18 Å². The molecular weight excluding hydrogens is 343 g/mol. The lowest BCUT2D eigenvalue weighted by molar-refractivity contribution is 0.103. The summed E-state index contributed by atoms with van der Waals surface area (Å²) in [7, 11) is 0. The van der Waals surface area contributed by atoms with Gasteiger partial charge in [0.2, 0.25) is 5.95 Å². The normalized spacial score (nSPS) is 10.9. The number of carbonyl (C=O) groups is 1. The highest BCUT2D eigenvalue weighted by atomic mass is 19.1. The van der Waals surface area contributed by atoms with Crippen molar-refractivity contribution in [3.63, 3.8) is 0 Å². The SMILES string of the molecule is Cc1ccc2[nH]cc(C(=O)c3ccc(Nc4ccc(C)nc4)nc3F)c2c1. The molecule has 0 saturated heterocycles. The Labute approximate surface area is 155 Å². The number of ketones is 1. The zero-order chi connectivity index (χ0) is 19.0. The summed E-state index contributed by atoms with van der Waals surface area (Å²) < 4.78 is 14.5. The summed E-state index contributed by atoms with van der Waals surface area (Å²) in [4.78, 5) is 23.9. The fourth-order valence-electron chi connectivity index (χ4n) is 2.93. The third kappa shape index (κ3) is 3.29. The molecule has 5 nitrogen and oxygen atoms in total. The molecule has 4 rings (SSSR count). The molecule has 0 amide bonds. The van der Waals surface area contributed by atoms with Crippen LogP contribution in [0.1, 0.15) is 27.2 Å². The lowest BCUT2D eigenvalue weighted by Gasteiger charge is -2.07. The number of benzene rings is 1. The maximum Gasteiger partial charge on any atom is 0.226 e.